The minimum atomic E-state index is -4.79. The first-order chi connectivity index (χ1) is 21.1. The average molecular weight is 644 g/mol. The van der Waals surface area contributed by atoms with Crippen molar-refractivity contribution in [3.63, 3.8) is 0 Å². The Hall–Kier alpha value is -4.18. The Morgan fingerprint density at radius 1 is 1.07 bits per heavy atom. The number of halogens is 7. The molecule has 1 aromatic carbocycles. The Bertz CT molecular complexity index is 1570. The van der Waals surface area contributed by atoms with Gasteiger partial charge in [-0.15, -0.1) is 0 Å². The number of carbonyl (C=O) groups is 2. The highest BCUT2D eigenvalue weighted by Gasteiger charge is 2.65. The molecule has 2 atom stereocenters. The zero-order valence-corrected chi connectivity index (χ0v) is 23.5. The lowest BCUT2D eigenvalue weighted by Crippen LogP contribution is -2.61. The highest BCUT2D eigenvalue weighted by Crippen LogP contribution is 2.55. The summed E-state index contributed by atoms with van der Waals surface area (Å²) in [5.74, 6) is -6.72. The number of rotatable bonds is 7. The molecule has 2 aromatic heterocycles. The summed E-state index contributed by atoms with van der Waals surface area (Å²) in [6.07, 6.45) is -5.78. The number of urea groups is 1. The zero-order chi connectivity index (χ0) is 32.2. The predicted octanol–water partition coefficient (Wildman–Crippen LogP) is 5.50. The molecule has 3 amide bonds. The van der Waals surface area contributed by atoms with E-state index in [2.05, 4.69) is 20.4 Å². The molecule has 2 saturated carbocycles. The van der Waals surface area contributed by atoms with E-state index in [-0.39, 0.29) is 36.6 Å². The molecule has 2 N–H and O–H groups in total. The van der Waals surface area contributed by atoms with Gasteiger partial charge in [0.2, 0.25) is 5.92 Å². The summed E-state index contributed by atoms with van der Waals surface area (Å²) >= 11 is 0. The van der Waals surface area contributed by atoms with Crippen molar-refractivity contribution in [3.8, 4) is 0 Å². The van der Waals surface area contributed by atoms with E-state index in [1.54, 1.807) is 35.6 Å². The van der Waals surface area contributed by atoms with E-state index in [0.717, 1.165) is 11.8 Å². The van der Waals surface area contributed by atoms with Gasteiger partial charge in [-0.05, 0) is 24.3 Å². The van der Waals surface area contributed by atoms with Crippen LogP contribution in [0.25, 0.3) is 5.78 Å². The van der Waals surface area contributed by atoms with Crippen molar-refractivity contribution in [1.82, 2.24) is 35.1 Å². The fourth-order valence-corrected chi connectivity index (χ4v) is 6.29. The van der Waals surface area contributed by atoms with Crippen LogP contribution in [0.1, 0.15) is 61.5 Å². The van der Waals surface area contributed by atoms with E-state index in [1.807, 2.05) is 0 Å². The number of benzene rings is 1. The van der Waals surface area contributed by atoms with Crippen LogP contribution >= 0.6 is 0 Å². The standard InChI is InChI=1S/C28H28F7N7O3/c29-26(30)8-6-17(7-9-26)21(40-24(44)45-13-16-4-2-1-3-5-16)18-11-42-22(37-18)38-19(10-36-42)25(14-27(31,32)15-25)41-12-20(28(33,34)35)39-23(41)43/h1-5,10-11,17,20-21H,6-9,12-15H2,(H,39,43)(H,40,44)/t20?,21-/m0/s1. The number of fused-ring (bicyclic) bond motifs is 1. The maximum Gasteiger partial charge on any atom is 0.410 e. The first-order valence-electron chi connectivity index (χ1n) is 14.2. The molecule has 3 fully saturated rings. The largest absolute Gasteiger partial charge is 0.445 e. The van der Waals surface area contributed by atoms with Crippen LogP contribution in [0.15, 0.2) is 42.7 Å². The third kappa shape index (κ3) is 6.20. The lowest BCUT2D eigenvalue weighted by atomic mass is 9.70. The summed E-state index contributed by atoms with van der Waals surface area (Å²) in [5.41, 5.74) is -1.15. The van der Waals surface area contributed by atoms with Crippen molar-refractivity contribution in [2.45, 2.75) is 80.8 Å². The van der Waals surface area contributed by atoms with Crippen LogP contribution in [0.2, 0.25) is 0 Å². The van der Waals surface area contributed by atoms with Crippen LogP contribution in [-0.4, -0.2) is 67.2 Å². The van der Waals surface area contributed by atoms with E-state index in [9.17, 15) is 40.3 Å². The number of imidazole rings is 1. The second-order valence-corrected chi connectivity index (χ2v) is 11.8. The second-order valence-electron chi connectivity index (χ2n) is 11.8. The highest BCUT2D eigenvalue weighted by molar-refractivity contribution is 5.78. The van der Waals surface area contributed by atoms with E-state index in [1.165, 1.54) is 10.7 Å². The molecule has 0 radical (unpaired) electrons. The lowest BCUT2D eigenvalue weighted by molar-refractivity contribution is -0.177. The van der Waals surface area contributed by atoms with Gasteiger partial charge in [-0.1, -0.05) is 30.3 Å². The van der Waals surface area contributed by atoms with Gasteiger partial charge in [-0.3, -0.25) is 0 Å². The van der Waals surface area contributed by atoms with E-state index in [4.69, 9.17) is 4.74 Å². The molecule has 0 spiro atoms. The first-order valence-corrected chi connectivity index (χ1v) is 14.2. The van der Waals surface area contributed by atoms with Gasteiger partial charge >= 0.3 is 18.3 Å². The topological polar surface area (TPSA) is 114 Å². The number of hydrogen-bond donors (Lipinski definition) is 2. The molecule has 3 aliphatic rings. The predicted molar refractivity (Wildman–Crippen MR) is 141 cm³/mol. The fraction of sp³-hybridized carbons (Fsp3) is 0.536. The van der Waals surface area contributed by atoms with Gasteiger partial charge in [-0.2, -0.15) is 18.3 Å². The number of alkyl halides is 7. The SMILES string of the molecule is O=C(N[C@H](c1cn2ncc(C3(N4CC(C(F)(F)F)NC4=O)CC(F)(F)C3)nc2n1)C1CCC(F)(F)CC1)OCc1ccccc1. The van der Waals surface area contributed by atoms with E-state index < -0.39 is 85.9 Å². The van der Waals surface area contributed by atoms with Crippen molar-refractivity contribution in [2.75, 3.05) is 6.54 Å². The van der Waals surface area contributed by atoms with Gasteiger partial charge in [0.05, 0.1) is 36.4 Å². The molecular weight excluding hydrogens is 615 g/mol. The quantitative estimate of drug-likeness (QED) is 0.329. The summed E-state index contributed by atoms with van der Waals surface area (Å²) in [7, 11) is 0. The summed E-state index contributed by atoms with van der Waals surface area (Å²) in [4.78, 5) is 34.8. The van der Waals surface area contributed by atoms with Gasteiger partial charge in [0.15, 0.2) is 0 Å². The molecule has 242 valence electrons. The number of alkyl carbamates (subject to hydrolysis) is 1. The van der Waals surface area contributed by atoms with Gasteiger partial charge in [0.1, 0.15) is 18.2 Å². The molecule has 3 aromatic rings. The Balaban J connectivity index is 1.28. The Morgan fingerprint density at radius 2 is 1.76 bits per heavy atom. The number of aromatic nitrogens is 4. The molecular formula is C28H28F7N7O3. The van der Waals surface area contributed by atoms with Gasteiger partial charge < -0.3 is 20.3 Å². The molecule has 45 heavy (non-hydrogen) atoms. The summed E-state index contributed by atoms with van der Waals surface area (Å²) < 4.78 is 103. The monoisotopic (exact) mass is 643 g/mol. The van der Waals surface area contributed by atoms with E-state index in [0.29, 0.717) is 4.90 Å². The number of nitrogens with one attached hydrogen (secondary N) is 2. The maximum absolute atomic E-state index is 14.3. The van der Waals surface area contributed by atoms with Crippen molar-refractivity contribution >= 4 is 17.9 Å². The van der Waals surface area contributed by atoms with Crippen molar-refractivity contribution < 1.29 is 45.1 Å². The average Bonchev–Trinajstić information content (AvgIpc) is 3.57. The van der Waals surface area contributed by atoms with Crippen LogP contribution in [0, 0.1) is 5.92 Å². The van der Waals surface area contributed by atoms with Crippen LogP contribution in [-0.2, 0) is 16.9 Å². The molecule has 17 heteroatoms. The third-order valence-corrected chi connectivity index (χ3v) is 8.65. The number of amides is 3. The number of hydrogen-bond acceptors (Lipinski definition) is 6. The zero-order valence-electron chi connectivity index (χ0n) is 23.5. The molecule has 2 aliphatic carbocycles. The number of carbonyl (C=O) groups excluding carboxylic acids is 2. The fourth-order valence-electron chi connectivity index (χ4n) is 6.29. The van der Waals surface area contributed by atoms with Gasteiger partial charge in [0.25, 0.3) is 11.7 Å². The molecule has 1 unspecified atom stereocenters. The van der Waals surface area contributed by atoms with Crippen LogP contribution in [0.3, 0.4) is 0 Å². The number of nitrogens with zero attached hydrogens (tertiary/aromatic N) is 5. The highest BCUT2D eigenvalue weighted by atomic mass is 19.4. The second kappa shape index (κ2) is 11.0. The van der Waals surface area contributed by atoms with Gasteiger partial charge in [-0.25, -0.2) is 41.6 Å². The minimum Gasteiger partial charge on any atom is -0.445 e. The van der Waals surface area contributed by atoms with Crippen LogP contribution in [0.4, 0.5) is 40.3 Å². The Kier molecular flexibility index (Phi) is 7.54. The minimum absolute atomic E-state index is 0.0498. The molecule has 1 aliphatic heterocycles. The van der Waals surface area contributed by atoms with E-state index >= 15 is 0 Å². The molecule has 3 heterocycles. The Labute approximate surface area is 251 Å². The lowest BCUT2D eigenvalue weighted by Gasteiger charge is -2.51. The maximum atomic E-state index is 14.3. The molecule has 6 rings (SSSR count). The molecule has 0 bridgehead atoms. The number of ether oxygens (including phenoxy) is 1. The summed E-state index contributed by atoms with van der Waals surface area (Å²) in [6.45, 7) is -0.944. The van der Waals surface area contributed by atoms with Crippen LogP contribution in [0.5, 0.6) is 0 Å². The first kappa shape index (κ1) is 30.8. The van der Waals surface area contributed by atoms with Gasteiger partial charge in [0, 0.05) is 25.7 Å². The Morgan fingerprint density at radius 3 is 2.38 bits per heavy atom. The molecule has 10 nitrogen and oxygen atoms in total. The van der Waals surface area contributed by atoms with Crippen molar-refractivity contribution in [3.05, 3.63) is 59.7 Å². The van der Waals surface area contributed by atoms with Crippen molar-refractivity contribution in [1.29, 1.82) is 0 Å². The van der Waals surface area contributed by atoms with Crippen molar-refractivity contribution in [2.24, 2.45) is 5.92 Å². The normalized spacial score (nSPS) is 23.3. The third-order valence-electron chi connectivity index (χ3n) is 8.65. The smallest absolute Gasteiger partial charge is 0.410 e. The summed E-state index contributed by atoms with van der Waals surface area (Å²) in [6, 6.07) is 4.53. The van der Waals surface area contributed by atoms with Crippen LogP contribution < -0.4 is 10.6 Å². The summed E-state index contributed by atoms with van der Waals surface area (Å²) in [5, 5.41) is 8.67. The molecule has 1 saturated heterocycles.